The second-order valence-electron chi connectivity index (χ2n) is 5.91. The van der Waals surface area contributed by atoms with Gasteiger partial charge in [0.05, 0.1) is 5.56 Å². The molecule has 118 valence electrons. The number of aromatic nitrogens is 3. The van der Waals surface area contributed by atoms with E-state index in [1.807, 2.05) is 43.3 Å². The molecule has 0 spiro atoms. The molecule has 0 amide bonds. The summed E-state index contributed by atoms with van der Waals surface area (Å²) in [5, 5.41) is 1.04. The standard InChI is InChI=1S/C20H17N3O/c1-3-23-17-10-9-13(2)11-15(17)12-16-19(23)21-18(22-20(16)24)14-7-5-4-6-8-14/h4-12H,3H2,1-2H3. The lowest BCUT2D eigenvalue weighted by Gasteiger charge is -2.17. The van der Waals surface area contributed by atoms with E-state index in [1.165, 1.54) is 5.56 Å². The summed E-state index contributed by atoms with van der Waals surface area (Å²) in [6.45, 7) is 4.85. The molecule has 4 heteroatoms. The molecule has 0 aliphatic carbocycles. The zero-order chi connectivity index (χ0) is 16.7. The number of benzene rings is 2. The van der Waals surface area contributed by atoms with E-state index in [4.69, 9.17) is 4.98 Å². The fourth-order valence-electron chi connectivity index (χ4n) is 3.11. The molecule has 2 aliphatic rings. The fourth-order valence-corrected chi connectivity index (χ4v) is 3.11. The van der Waals surface area contributed by atoms with Crippen LogP contribution < -0.4 is 5.56 Å². The van der Waals surface area contributed by atoms with Gasteiger partial charge in [-0.25, -0.2) is 4.98 Å². The van der Waals surface area contributed by atoms with Crippen molar-refractivity contribution in [2.75, 3.05) is 0 Å². The van der Waals surface area contributed by atoms with E-state index in [-0.39, 0.29) is 5.56 Å². The van der Waals surface area contributed by atoms with Gasteiger partial charge in [-0.15, -0.1) is 0 Å². The van der Waals surface area contributed by atoms with Gasteiger partial charge in [-0.1, -0.05) is 42.0 Å². The number of aryl methyl sites for hydroxylation is 2. The minimum atomic E-state index is -0.232. The van der Waals surface area contributed by atoms with Crippen molar-refractivity contribution in [2.45, 2.75) is 20.4 Å². The average molecular weight is 315 g/mol. The molecule has 0 N–H and O–H groups in total. The van der Waals surface area contributed by atoms with Crippen molar-refractivity contribution in [3.63, 3.8) is 0 Å². The first-order valence-corrected chi connectivity index (χ1v) is 8.05. The van der Waals surface area contributed by atoms with Crippen molar-refractivity contribution in [1.82, 2.24) is 14.5 Å². The third kappa shape index (κ3) is 2.27. The summed E-state index contributed by atoms with van der Waals surface area (Å²) in [5.41, 5.74) is 3.42. The molecule has 0 unspecified atom stereocenters. The second kappa shape index (κ2) is 5.57. The molecule has 0 fully saturated rings. The molecule has 4 nitrogen and oxygen atoms in total. The van der Waals surface area contributed by atoms with Crippen LogP contribution in [0.4, 0.5) is 0 Å². The summed E-state index contributed by atoms with van der Waals surface area (Å²) in [7, 11) is 0. The number of rotatable bonds is 2. The highest BCUT2D eigenvalue weighted by atomic mass is 16.1. The van der Waals surface area contributed by atoms with Crippen LogP contribution in [0.2, 0.25) is 0 Å². The van der Waals surface area contributed by atoms with E-state index < -0.39 is 0 Å². The maximum atomic E-state index is 12.6. The molecule has 0 atom stereocenters. The minimum absolute atomic E-state index is 0.232. The predicted octanol–water partition coefficient (Wildman–Crippen LogP) is 3.89. The van der Waals surface area contributed by atoms with Crippen LogP contribution in [-0.4, -0.2) is 14.5 Å². The third-order valence-corrected chi connectivity index (χ3v) is 4.27. The topological polar surface area (TPSA) is 47.8 Å². The van der Waals surface area contributed by atoms with E-state index in [0.717, 1.165) is 23.0 Å². The van der Waals surface area contributed by atoms with Crippen LogP contribution in [0, 0.1) is 6.92 Å². The van der Waals surface area contributed by atoms with Crippen molar-refractivity contribution in [3.8, 4) is 22.8 Å². The van der Waals surface area contributed by atoms with E-state index in [2.05, 4.69) is 34.7 Å². The Bertz CT molecular complexity index is 1070. The molecule has 24 heavy (non-hydrogen) atoms. The molecule has 2 aliphatic heterocycles. The van der Waals surface area contributed by atoms with Crippen LogP contribution in [-0.2, 0) is 6.54 Å². The van der Waals surface area contributed by atoms with E-state index in [9.17, 15) is 4.79 Å². The van der Waals surface area contributed by atoms with Gasteiger partial charge in [-0.05, 0) is 37.4 Å². The van der Waals surface area contributed by atoms with Gasteiger partial charge in [-0.2, -0.15) is 4.98 Å². The maximum Gasteiger partial charge on any atom is 0.282 e. The van der Waals surface area contributed by atoms with Crippen molar-refractivity contribution < 1.29 is 0 Å². The number of fused-ring (bicyclic) bond motifs is 2. The summed E-state index contributed by atoms with van der Waals surface area (Å²) >= 11 is 0. The normalized spacial score (nSPS) is 11.2. The van der Waals surface area contributed by atoms with Crippen LogP contribution in [0.25, 0.3) is 33.7 Å². The largest absolute Gasteiger partial charge is 0.325 e. The highest BCUT2D eigenvalue weighted by Crippen LogP contribution is 2.27. The molecule has 2 aromatic carbocycles. The average Bonchev–Trinajstić information content (AvgIpc) is 2.60. The Morgan fingerprint density at radius 2 is 1.79 bits per heavy atom. The van der Waals surface area contributed by atoms with Gasteiger partial charge < -0.3 is 4.57 Å². The highest BCUT2D eigenvalue weighted by molar-refractivity contribution is 5.86. The summed E-state index contributed by atoms with van der Waals surface area (Å²) in [4.78, 5) is 21.5. The Hall–Kier alpha value is -3.01. The van der Waals surface area contributed by atoms with E-state index in [1.54, 1.807) is 0 Å². The van der Waals surface area contributed by atoms with Crippen LogP contribution in [0.1, 0.15) is 12.5 Å². The SMILES string of the molecule is CCn1c2nc(-c3ccccc3)nc(=O)c-2cc2cc(C)ccc21. The lowest BCUT2D eigenvalue weighted by Crippen LogP contribution is -2.18. The van der Waals surface area contributed by atoms with Crippen LogP contribution in [0.5, 0.6) is 0 Å². The van der Waals surface area contributed by atoms with E-state index >= 15 is 0 Å². The van der Waals surface area contributed by atoms with Crippen molar-refractivity contribution in [1.29, 1.82) is 0 Å². The summed E-state index contributed by atoms with van der Waals surface area (Å²) in [6.07, 6.45) is 0. The molecule has 0 bridgehead atoms. The Labute approximate surface area is 139 Å². The Kier molecular flexibility index (Phi) is 3.38. The van der Waals surface area contributed by atoms with Crippen molar-refractivity contribution in [3.05, 3.63) is 70.5 Å². The summed E-state index contributed by atoms with van der Waals surface area (Å²) < 4.78 is 2.08. The fraction of sp³-hybridized carbons (Fsp3) is 0.150. The molecule has 0 saturated heterocycles. The lowest BCUT2D eigenvalue weighted by atomic mass is 10.1. The Balaban J connectivity index is 2.10. The predicted molar refractivity (Wildman–Crippen MR) is 96.3 cm³/mol. The zero-order valence-corrected chi connectivity index (χ0v) is 13.7. The molecular weight excluding hydrogens is 298 g/mol. The summed E-state index contributed by atoms with van der Waals surface area (Å²) in [6, 6.07) is 17.8. The number of pyridine rings is 1. The quantitative estimate of drug-likeness (QED) is 0.527. The van der Waals surface area contributed by atoms with Crippen LogP contribution in [0.15, 0.2) is 59.4 Å². The Morgan fingerprint density at radius 3 is 2.54 bits per heavy atom. The first-order valence-electron chi connectivity index (χ1n) is 8.05. The molecule has 4 rings (SSSR count). The number of nitrogens with zero attached hydrogens (tertiary/aromatic N) is 3. The van der Waals surface area contributed by atoms with Crippen molar-refractivity contribution >= 4 is 10.9 Å². The summed E-state index contributed by atoms with van der Waals surface area (Å²) in [5.74, 6) is 1.16. The molecular formula is C20H17N3O. The molecule has 0 radical (unpaired) electrons. The van der Waals surface area contributed by atoms with Crippen molar-refractivity contribution in [2.24, 2.45) is 0 Å². The monoisotopic (exact) mass is 315 g/mol. The van der Waals surface area contributed by atoms with Gasteiger partial charge in [0.1, 0.15) is 5.82 Å². The first kappa shape index (κ1) is 14.6. The zero-order valence-electron chi connectivity index (χ0n) is 13.7. The van der Waals surface area contributed by atoms with Gasteiger partial charge >= 0.3 is 0 Å². The highest BCUT2D eigenvalue weighted by Gasteiger charge is 2.18. The smallest absolute Gasteiger partial charge is 0.282 e. The molecule has 2 aromatic rings. The van der Waals surface area contributed by atoms with Gasteiger partial charge in [0.15, 0.2) is 5.82 Å². The van der Waals surface area contributed by atoms with Gasteiger partial charge in [0.25, 0.3) is 5.56 Å². The van der Waals surface area contributed by atoms with Crippen LogP contribution in [0.3, 0.4) is 0 Å². The molecule has 0 aromatic heterocycles. The second-order valence-corrected chi connectivity index (χ2v) is 5.91. The van der Waals surface area contributed by atoms with Gasteiger partial charge in [0, 0.05) is 17.6 Å². The molecule has 2 heterocycles. The first-order chi connectivity index (χ1) is 11.7. The minimum Gasteiger partial charge on any atom is -0.325 e. The third-order valence-electron chi connectivity index (χ3n) is 4.27. The van der Waals surface area contributed by atoms with Gasteiger partial charge in [0.2, 0.25) is 0 Å². The van der Waals surface area contributed by atoms with E-state index in [0.29, 0.717) is 17.2 Å². The number of hydrogen-bond donors (Lipinski definition) is 0. The Morgan fingerprint density at radius 1 is 1.00 bits per heavy atom. The van der Waals surface area contributed by atoms with Gasteiger partial charge in [-0.3, -0.25) is 4.79 Å². The molecule has 0 saturated carbocycles. The maximum absolute atomic E-state index is 12.6. The van der Waals surface area contributed by atoms with Crippen LogP contribution >= 0.6 is 0 Å². The number of hydrogen-bond acceptors (Lipinski definition) is 3. The lowest BCUT2D eigenvalue weighted by molar-refractivity contribution is 0.775.